The molecular weight excluding hydrogens is 278 g/mol. The lowest BCUT2D eigenvalue weighted by Crippen LogP contribution is -2.27. The Kier molecular flexibility index (Phi) is 7.58. The lowest BCUT2D eigenvalue weighted by atomic mass is 10.3. The highest BCUT2D eigenvalue weighted by atomic mass is 32.2. The Balaban J connectivity index is 2.53. The van der Waals surface area contributed by atoms with Crippen LogP contribution in [-0.2, 0) is 14.8 Å². The second-order valence-electron chi connectivity index (χ2n) is 4.27. The first-order chi connectivity index (χ1) is 9.60. The summed E-state index contributed by atoms with van der Waals surface area (Å²) in [5.74, 6) is 0.687. The number of benzene rings is 1. The highest BCUT2D eigenvalue weighted by Gasteiger charge is 2.12. The van der Waals surface area contributed by atoms with Crippen molar-refractivity contribution in [2.24, 2.45) is 0 Å². The summed E-state index contributed by atoms with van der Waals surface area (Å²) in [7, 11) is -3.47. The third-order valence-corrected chi connectivity index (χ3v) is 4.12. The van der Waals surface area contributed by atoms with Gasteiger partial charge in [-0.3, -0.25) is 0 Å². The number of ether oxygens (including phenoxy) is 2. The van der Waals surface area contributed by atoms with Crippen molar-refractivity contribution in [1.82, 2.24) is 4.72 Å². The molecule has 0 saturated carbocycles. The fourth-order valence-corrected chi connectivity index (χ4v) is 2.54. The monoisotopic (exact) mass is 301 g/mol. The van der Waals surface area contributed by atoms with Crippen molar-refractivity contribution in [3.8, 4) is 5.75 Å². The Hall–Kier alpha value is -1.11. The number of rotatable bonds is 10. The molecule has 0 aliphatic rings. The lowest BCUT2D eigenvalue weighted by molar-refractivity contribution is 0.153. The molecule has 0 atom stereocenters. The van der Waals surface area contributed by atoms with Gasteiger partial charge in [-0.05, 0) is 37.6 Å². The highest BCUT2D eigenvalue weighted by Crippen LogP contribution is 2.16. The molecule has 0 radical (unpaired) electrons. The predicted molar refractivity (Wildman–Crippen MR) is 78.5 cm³/mol. The second kappa shape index (κ2) is 8.94. The number of hydrogen-bond acceptors (Lipinski definition) is 4. The molecule has 0 saturated heterocycles. The van der Waals surface area contributed by atoms with E-state index in [2.05, 4.69) is 11.6 Å². The first-order valence-corrected chi connectivity index (χ1v) is 8.38. The van der Waals surface area contributed by atoms with E-state index in [1.807, 2.05) is 6.92 Å². The van der Waals surface area contributed by atoms with Crippen LogP contribution in [0.15, 0.2) is 29.2 Å². The first kappa shape index (κ1) is 16.9. The molecule has 0 aromatic heterocycles. The van der Waals surface area contributed by atoms with E-state index < -0.39 is 10.0 Å². The molecule has 0 unspecified atom stereocenters. The van der Waals surface area contributed by atoms with E-state index in [0.29, 0.717) is 25.6 Å². The minimum atomic E-state index is -3.47. The van der Waals surface area contributed by atoms with Gasteiger partial charge in [0, 0.05) is 13.2 Å². The standard InChI is InChI=1S/C14H23NO4S/c1-3-5-11-19-13-6-8-14(9-7-13)20(16,17)15-10-12-18-4-2/h6-9,15H,3-5,10-12H2,1-2H3. The molecule has 1 aromatic carbocycles. The van der Waals surface area contributed by atoms with Crippen molar-refractivity contribution < 1.29 is 17.9 Å². The fourth-order valence-electron chi connectivity index (χ4n) is 1.53. The van der Waals surface area contributed by atoms with Gasteiger partial charge in [0.05, 0.1) is 18.1 Å². The van der Waals surface area contributed by atoms with Gasteiger partial charge in [-0.2, -0.15) is 0 Å². The van der Waals surface area contributed by atoms with E-state index in [0.717, 1.165) is 12.8 Å². The minimum Gasteiger partial charge on any atom is -0.494 e. The molecule has 1 N–H and O–H groups in total. The molecule has 0 heterocycles. The number of nitrogens with one attached hydrogen (secondary N) is 1. The topological polar surface area (TPSA) is 64.6 Å². The van der Waals surface area contributed by atoms with Crippen LogP contribution in [-0.4, -0.2) is 34.8 Å². The Morgan fingerprint density at radius 2 is 1.80 bits per heavy atom. The summed E-state index contributed by atoms with van der Waals surface area (Å²) in [6.07, 6.45) is 2.05. The van der Waals surface area contributed by atoms with Crippen LogP contribution in [0.3, 0.4) is 0 Å². The van der Waals surface area contributed by atoms with E-state index >= 15 is 0 Å². The van der Waals surface area contributed by atoms with Crippen molar-refractivity contribution in [2.45, 2.75) is 31.6 Å². The van der Waals surface area contributed by atoms with Gasteiger partial charge >= 0.3 is 0 Å². The van der Waals surface area contributed by atoms with Crippen molar-refractivity contribution >= 4 is 10.0 Å². The molecule has 1 aromatic rings. The van der Waals surface area contributed by atoms with Gasteiger partial charge in [-0.15, -0.1) is 0 Å². The first-order valence-electron chi connectivity index (χ1n) is 6.90. The minimum absolute atomic E-state index is 0.233. The maximum Gasteiger partial charge on any atom is 0.240 e. The van der Waals surface area contributed by atoms with Crippen LogP contribution in [0.2, 0.25) is 0 Å². The van der Waals surface area contributed by atoms with E-state index in [1.54, 1.807) is 24.3 Å². The summed E-state index contributed by atoms with van der Waals surface area (Å²) in [6, 6.07) is 6.44. The Labute approximate surface area is 121 Å². The van der Waals surface area contributed by atoms with Gasteiger partial charge in [0.1, 0.15) is 5.75 Å². The van der Waals surface area contributed by atoms with Crippen molar-refractivity contribution in [3.05, 3.63) is 24.3 Å². The SMILES string of the molecule is CCCCOc1ccc(S(=O)(=O)NCCOCC)cc1. The maximum absolute atomic E-state index is 12.0. The van der Waals surface area contributed by atoms with Gasteiger partial charge < -0.3 is 9.47 Å². The molecule has 0 bridgehead atoms. The smallest absolute Gasteiger partial charge is 0.240 e. The largest absolute Gasteiger partial charge is 0.494 e. The van der Waals surface area contributed by atoms with E-state index in [1.165, 1.54) is 0 Å². The zero-order valence-electron chi connectivity index (χ0n) is 12.1. The quantitative estimate of drug-likeness (QED) is 0.673. The zero-order chi connectivity index (χ0) is 14.8. The van der Waals surface area contributed by atoms with Crippen LogP contribution < -0.4 is 9.46 Å². The van der Waals surface area contributed by atoms with E-state index in [9.17, 15) is 8.42 Å². The average molecular weight is 301 g/mol. The van der Waals surface area contributed by atoms with Gasteiger partial charge in [0.15, 0.2) is 0 Å². The lowest BCUT2D eigenvalue weighted by Gasteiger charge is -2.08. The third-order valence-electron chi connectivity index (χ3n) is 2.64. The molecule has 0 spiro atoms. The average Bonchev–Trinajstić information content (AvgIpc) is 2.45. The van der Waals surface area contributed by atoms with Gasteiger partial charge in [0.2, 0.25) is 10.0 Å². The van der Waals surface area contributed by atoms with Crippen molar-refractivity contribution in [1.29, 1.82) is 0 Å². The molecule has 0 fully saturated rings. The number of hydrogen-bond donors (Lipinski definition) is 1. The molecule has 6 heteroatoms. The van der Waals surface area contributed by atoms with Crippen LogP contribution in [0.4, 0.5) is 0 Å². The number of unbranched alkanes of at least 4 members (excludes halogenated alkanes) is 1. The van der Waals surface area contributed by atoms with Crippen molar-refractivity contribution in [3.63, 3.8) is 0 Å². The van der Waals surface area contributed by atoms with Crippen LogP contribution in [0, 0.1) is 0 Å². The van der Waals surface area contributed by atoms with Crippen LogP contribution >= 0.6 is 0 Å². The van der Waals surface area contributed by atoms with Crippen LogP contribution in [0.1, 0.15) is 26.7 Å². The summed E-state index contributed by atoms with van der Waals surface area (Å²) in [6.45, 7) is 5.82. The Morgan fingerprint density at radius 1 is 1.10 bits per heavy atom. The predicted octanol–water partition coefficient (Wildman–Crippen LogP) is 2.18. The van der Waals surface area contributed by atoms with E-state index in [-0.39, 0.29) is 11.4 Å². The molecule has 0 aliphatic carbocycles. The van der Waals surface area contributed by atoms with Gasteiger partial charge in [-0.25, -0.2) is 13.1 Å². The molecule has 0 aliphatic heterocycles. The summed E-state index contributed by atoms with van der Waals surface area (Å²) in [4.78, 5) is 0.233. The molecule has 1 rings (SSSR count). The highest BCUT2D eigenvalue weighted by molar-refractivity contribution is 7.89. The van der Waals surface area contributed by atoms with Gasteiger partial charge in [-0.1, -0.05) is 13.3 Å². The van der Waals surface area contributed by atoms with Crippen LogP contribution in [0.25, 0.3) is 0 Å². The number of sulfonamides is 1. The maximum atomic E-state index is 12.0. The summed E-state index contributed by atoms with van der Waals surface area (Å²) < 4.78 is 37.0. The summed E-state index contributed by atoms with van der Waals surface area (Å²) in [5.41, 5.74) is 0. The summed E-state index contributed by atoms with van der Waals surface area (Å²) >= 11 is 0. The Morgan fingerprint density at radius 3 is 2.40 bits per heavy atom. The molecular formula is C14H23NO4S. The second-order valence-corrected chi connectivity index (χ2v) is 6.04. The fraction of sp³-hybridized carbons (Fsp3) is 0.571. The molecule has 114 valence electrons. The van der Waals surface area contributed by atoms with Crippen LogP contribution in [0.5, 0.6) is 5.75 Å². The molecule has 20 heavy (non-hydrogen) atoms. The van der Waals surface area contributed by atoms with E-state index in [4.69, 9.17) is 9.47 Å². The zero-order valence-corrected chi connectivity index (χ0v) is 12.9. The summed E-state index contributed by atoms with van der Waals surface area (Å²) in [5, 5.41) is 0. The molecule has 0 amide bonds. The van der Waals surface area contributed by atoms with Gasteiger partial charge in [0.25, 0.3) is 0 Å². The Bertz CT molecular complexity index is 470. The third kappa shape index (κ3) is 5.90. The van der Waals surface area contributed by atoms with Crippen molar-refractivity contribution in [2.75, 3.05) is 26.4 Å². The molecule has 5 nitrogen and oxygen atoms in total. The normalized spacial score (nSPS) is 11.5.